The first-order valence-electron chi connectivity index (χ1n) is 9.67. The van der Waals surface area contributed by atoms with E-state index < -0.39 is 0 Å². The van der Waals surface area contributed by atoms with Crippen LogP contribution in [-0.2, 0) is 12.0 Å². The molecule has 2 N–H and O–H groups in total. The third-order valence-corrected chi connectivity index (χ3v) is 5.58. The van der Waals surface area contributed by atoms with Crippen LogP contribution in [0.15, 0.2) is 24.3 Å². The minimum absolute atomic E-state index is 0.185. The highest BCUT2D eigenvalue weighted by molar-refractivity contribution is 6.31. The molecular weight excluding hydrogens is 374 g/mol. The predicted octanol–water partition coefficient (Wildman–Crippen LogP) is 3.01. The van der Waals surface area contributed by atoms with Crippen LogP contribution >= 0.6 is 11.6 Å². The molecule has 7 nitrogen and oxygen atoms in total. The molecule has 1 unspecified atom stereocenters. The molecule has 0 aliphatic carbocycles. The van der Waals surface area contributed by atoms with Gasteiger partial charge in [0, 0.05) is 23.5 Å². The Morgan fingerprint density at radius 1 is 1.21 bits per heavy atom. The van der Waals surface area contributed by atoms with Crippen LogP contribution in [0.1, 0.15) is 38.6 Å². The van der Waals surface area contributed by atoms with Gasteiger partial charge in [-0.2, -0.15) is 0 Å². The van der Waals surface area contributed by atoms with Gasteiger partial charge in [0.2, 0.25) is 0 Å². The minimum Gasteiger partial charge on any atom is -0.354 e. The molecular formula is C20H26ClN7. The molecule has 1 saturated heterocycles. The van der Waals surface area contributed by atoms with E-state index in [9.17, 15) is 0 Å². The maximum Gasteiger partial charge on any atom is 0.184 e. The number of rotatable bonds is 4. The van der Waals surface area contributed by atoms with Crippen molar-refractivity contribution in [3.8, 4) is 0 Å². The monoisotopic (exact) mass is 399 g/mol. The molecule has 8 heteroatoms. The summed E-state index contributed by atoms with van der Waals surface area (Å²) in [5.74, 6) is 2.13. The van der Waals surface area contributed by atoms with Crippen molar-refractivity contribution < 1.29 is 0 Å². The van der Waals surface area contributed by atoms with E-state index in [1.54, 1.807) is 0 Å². The van der Waals surface area contributed by atoms with Gasteiger partial charge in [0.1, 0.15) is 5.82 Å². The molecule has 1 aliphatic heterocycles. The zero-order valence-corrected chi connectivity index (χ0v) is 17.3. The number of fused-ring (bicyclic) bond motifs is 1. The van der Waals surface area contributed by atoms with E-state index in [0.717, 1.165) is 47.9 Å². The summed E-state index contributed by atoms with van der Waals surface area (Å²) in [5.41, 5.74) is 8.16. The van der Waals surface area contributed by atoms with E-state index in [1.165, 1.54) is 0 Å². The van der Waals surface area contributed by atoms with Crippen molar-refractivity contribution >= 4 is 28.6 Å². The lowest BCUT2D eigenvalue weighted by Gasteiger charge is -2.22. The van der Waals surface area contributed by atoms with Crippen molar-refractivity contribution in [2.45, 2.75) is 39.2 Å². The normalized spacial score (nSPS) is 17.6. The van der Waals surface area contributed by atoms with Crippen LogP contribution in [0, 0.1) is 5.92 Å². The molecule has 0 spiro atoms. The van der Waals surface area contributed by atoms with Gasteiger partial charge in [0.15, 0.2) is 17.0 Å². The fourth-order valence-electron chi connectivity index (χ4n) is 3.51. The Balaban J connectivity index is 1.81. The van der Waals surface area contributed by atoms with Crippen molar-refractivity contribution in [1.29, 1.82) is 0 Å². The summed E-state index contributed by atoms with van der Waals surface area (Å²) in [4.78, 5) is 12.0. The molecule has 1 fully saturated rings. The largest absolute Gasteiger partial charge is 0.354 e. The number of hydrogen-bond acceptors (Lipinski definition) is 6. The topological polar surface area (TPSA) is 85.8 Å². The number of anilines is 1. The molecule has 4 rings (SSSR count). The molecule has 3 heterocycles. The summed E-state index contributed by atoms with van der Waals surface area (Å²) in [6.45, 7) is 9.38. The molecule has 148 valence electrons. The second-order valence-corrected chi connectivity index (χ2v) is 8.88. The first kappa shape index (κ1) is 19.1. The first-order chi connectivity index (χ1) is 13.4. The fraction of sp³-hybridized carbons (Fsp3) is 0.500. The van der Waals surface area contributed by atoms with Crippen LogP contribution in [-0.4, -0.2) is 44.6 Å². The fourth-order valence-corrected chi connectivity index (χ4v) is 3.71. The highest BCUT2D eigenvalue weighted by Gasteiger charge is 2.29. The molecule has 3 aromatic rings. The highest BCUT2D eigenvalue weighted by atomic mass is 35.5. The van der Waals surface area contributed by atoms with Gasteiger partial charge in [-0.25, -0.2) is 14.6 Å². The Labute approximate surface area is 169 Å². The van der Waals surface area contributed by atoms with Crippen LogP contribution in [0.5, 0.6) is 0 Å². The van der Waals surface area contributed by atoms with Gasteiger partial charge in [-0.1, -0.05) is 55.8 Å². The van der Waals surface area contributed by atoms with Gasteiger partial charge in [-0.05, 0) is 30.5 Å². The Bertz CT molecular complexity index is 992. The van der Waals surface area contributed by atoms with Gasteiger partial charge in [-0.15, -0.1) is 5.10 Å². The lowest BCUT2D eigenvalue weighted by molar-refractivity contribution is 0.544. The molecule has 0 radical (unpaired) electrons. The first-order valence-corrected chi connectivity index (χ1v) is 10.0. The molecule has 1 aliphatic rings. The number of nitrogens with two attached hydrogens (primary N) is 1. The van der Waals surface area contributed by atoms with Gasteiger partial charge in [0.25, 0.3) is 0 Å². The van der Waals surface area contributed by atoms with Gasteiger partial charge in [0.05, 0.1) is 6.54 Å². The van der Waals surface area contributed by atoms with Gasteiger partial charge in [-0.3, -0.25) is 0 Å². The molecule has 1 aromatic carbocycles. The maximum atomic E-state index is 6.35. The Kier molecular flexibility index (Phi) is 4.97. The molecule has 0 amide bonds. The summed E-state index contributed by atoms with van der Waals surface area (Å²) < 4.78 is 1.81. The van der Waals surface area contributed by atoms with Gasteiger partial charge >= 0.3 is 0 Å². The lowest BCUT2D eigenvalue weighted by atomic mass is 9.96. The van der Waals surface area contributed by atoms with Crippen molar-refractivity contribution in [3.63, 3.8) is 0 Å². The highest BCUT2D eigenvalue weighted by Crippen LogP contribution is 2.30. The lowest BCUT2D eigenvalue weighted by Crippen LogP contribution is -2.26. The SMILES string of the molecule is CC(C)(C)c1nc(N2CCC(CN)C2)c2nnn(Cc3ccccc3Cl)c2n1. The summed E-state index contributed by atoms with van der Waals surface area (Å²) in [7, 11) is 0. The van der Waals surface area contributed by atoms with Crippen molar-refractivity contribution in [2.24, 2.45) is 11.7 Å². The number of hydrogen-bond donors (Lipinski definition) is 1. The standard InChI is InChI=1S/C20H26ClN7/c1-20(2,3)19-23-17(27-9-8-13(10-22)11-27)16-18(24-19)28(26-25-16)12-14-6-4-5-7-15(14)21/h4-7,13H,8-12,22H2,1-3H3. The quantitative estimate of drug-likeness (QED) is 0.725. The Morgan fingerprint density at radius 3 is 2.68 bits per heavy atom. The third-order valence-electron chi connectivity index (χ3n) is 5.21. The van der Waals surface area contributed by atoms with E-state index in [4.69, 9.17) is 27.3 Å². The minimum atomic E-state index is -0.185. The van der Waals surface area contributed by atoms with Crippen LogP contribution in [0.4, 0.5) is 5.82 Å². The van der Waals surface area contributed by atoms with Gasteiger partial charge < -0.3 is 10.6 Å². The van der Waals surface area contributed by atoms with Crippen LogP contribution in [0.25, 0.3) is 11.2 Å². The molecule has 1 atom stereocenters. The Hall–Kier alpha value is -2.25. The molecule has 28 heavy (non-hydrogen) atoms. The van der Waals surface area contributed by atoms with E-state index in [-0.39, 0.29) is 5.41 Å². The summed E-state index contributed by atoms with van der Waals surface area (Å²) >= 11 is 6.35. The molecule has 2 aromatic heterocycles. The third kappa shape index (κ3) is 3.56. The molecule has 0 bridgehead atoms. The molecule has 0 saturated carbocycles. The second kappa shape index (κ2) is 7.29. The predicted molar refractivity (Wildman–Crippen MR) is 112 cm³/mol. The summed E-state index contributed by atoms with van der Waals surface area (Å²) in [6, 6.07) is 7.77. The number of nitrogens with zero attached hydrogens (tertiary/aromatic N) is 6. The summed E-state index contributed by atoms with van der Waals surface area (Å²) in [6.07, 6.45) is 1.07. The van der Waals surface area contributed by atoms with Crippen molar-refractivity contribution in [1.82, 2.24) is 25.0 Å². The number of benzene rings is 1. The smallest absolute Gasteiger partial charge is 0.184 e. The van der Waals surface area contributed by atoms with Crippen molar-refractivity contribution in [2.75, 3.05) is 24.5 Å². The number of halogens is 1. The number of aromatic nitrogens is 5. The zero-order chi connectivity index (χ0) is 19.9. The van der Waals surface area contributed by atoms with E-state index in [1.807, 2.05) is 28.9 Å². The van der Waals surface area contributed by atoms with Crippen LogP contribution in [0.3, 0.4) is 0 Å². The summed E-state index contributed by atoms with van der Waals surface area (Å²) in [5, 5.41) is 9.53. The average Bonchev–Trinajstić information content (AvgIpc) is 3.29. The van der Waals surface area contributed by atoms with E-state index in [2.05, 4.69) is 36.0 Å². The average molecular weight is 400 g/mol. The Morgan fingerprint density at radius 2 is 2.00 bits per heavy atom. The van der Waals surface area contributed by atoms with E-state index in [0.29, 0.717) is 24.0 Å². The second-order valence-electron chi connectivity index (χ2n) is 8.47. The van der Waals surface area contributed by atoms with Crippen LogP contribution < -0.4 is 10.6 Å². The maximum absolute atomic E-state index is 6.35. The van der Waals surface area contributed by atoms with Crippen LogP contribution in [0.2, 0.25) is 5.02 Å². The zero-order valence-electron chi connectivity index (χ0n) is 16.6. The van der Waals surface area contributed by atoms with Crippen molar-refractivity contribution in [3.05, 3.63) is 40.7 Å². The van der Waals surface area contributed by atoms with E-state index >= 15 is 0 Å².